The van der Waals surface area contributed by atoms with Gasteiger partial charge in [-0.05, 0) is 62.4 Å². The first-order valence-corrected chi connectivity index (χ1v) is 11.2. The summed E-state index contributed by atoms with van der Waals surface area (Å²) in [4.78, 5) is 17.1. The molecule has 0 fully saturated rings. The Morgan fingerprint density at radius 2 is 1.03 bits per heavy atom. The Morgan fingerprint density at radius 1 is 0.622 bits per heavy atom. The van der Waals surface area contributed by atoms with Gasteiger partial charge in [0.2, 0.25) is 0 Å². The smallest absolute Gasteiger partial charge is 0.128 e. The minimum absolute atomic E-state index is 0. The van der Waals surface area contributed by atoms with Gasteiger partial charge in [-0.1, -0.05) is 12.1 Å². The molecule has 9 heteroatoms. The fraction of sp³-hybridized carbons (Fsp3) is 0.143. The van der Waals surface area contributed by atoms with Crippen molar-refractivity contribution in [3.8, 4) is 23.0 Å². The maximum Gasteiger partial charge on any atom is 0.128 e. The Bertz CT molecular complexity index is 1270. The van der Waals surface area contributed by atoms with Crippen molar-refractivity contribution in [3.63, 3.8) is 0 Å². The van der Waals surface area contributed by atoms with Gasteiger partial charge in [-0.2, -0.15) is 0 Å². The number of phenols is 4. The summed E-state index contributed by atoms with van der Waals surface area (Å²) in [6, 6.07) is 20.3. The van der Waals surface area contributed by atoms with E-state index in [0.717, 1.165) is 22.8 Å². The second kappa shape index (κ2) is 14.4. The van der Waals surface area contributed by atoms with Gasteiger partial charge in [0.15, 0.2) is 0 Å². The number of benzene rings is 2. The standard InChI is InChI=1S/2C14H14N2O2.Ni/c2*1-10-3-2-4-12(16-10)9-15-8-11-5-6-13(17)7-14(11)18;/h2*2-8,17-18H,9H2,1H3;. The molecule has 194 valence electrons. The first-order valence-electron chi connectivity index (χ1n) is 11.2. The third-order valence-electron chi connectivity index (χ3n) is 4.89. The number of hydrogen-bond acceptors (Lipinski definition) is 8. The quantitative estimate of drug-likeness (QED) is 0.204. The number of rotatable bonds is 6. The summed E-state index contributed by atoms with van der Waals surface area (Å²) in [5.41, 5.74) is 4.81. The van der Waals surface area contributed by atoms with Gasteiger partial charge in [-0.3, -0.25) is 20.0 Å². The molecule has 0 aliphatic rings. The Hall–Kier alpha value is -4.23. The van der Waals surface area contributed by atoms with E-state index >= 15 is 0 Å². The molecule has 0 unspecified atom stereocenters. The molecule has 4 N–H and O–H groups in total. The number of nitrogens with zero attached hydrogens (tertiary/aromatic N) is 4. The minimum atomic E-state index is 0. The molecule has 0 bridgehead atoms. The molecule has 0 saturated carbocycles. The van der Waals surface area contributed by atoms with Gasteiger partial charge in [0.25, 0.3) is 0 Å². The van der Waals surface area contributed by atoms with Crippen molar-refractivity contribution in [2.24, 2.45) is 9.98 Å². The number of phenolic OH excluding ortho intramolecular Hbond substituents is 4. The molecule has 0 aliphatic heterocycles. The van der Waals surface area contributed by atoms with Crippen LogP contribution in [0.4, 0.5) is 0 Å². The van der Waals surface area contributed by atoms with Crippen LogP contribution in [0.25, 0.3) is 0 Å². The maximum absolute atomic E-state index is 9.57. The number of aromatic hydroxyl groups is 4. The third kappa shape index (κ3) is 9.74. The zero-order valence-electron chi connectivity index (χ0n) is 20.4. The van der Waals surface area contributed by atoms with E-state index in [1.165, 1.54) is 24.3 Å². The maximum atomic E-state index is 9.57. The zero-order valence-corrected chi connectivity index (χ0v) is 21.4. The van der Waals surface area contributed by atoms with Crippen LogP contribution in [0.5, 0.6) is 23.0 Å². The average molecular weight is 543 g/mol. The van der Waals surface area contributed by atoms with Gasteiger partial charge in [0, 0.05) is 63.6 Å². The van der Waals surface area contributed by atoms with Crippen LogP contribution in [0, 0.1) is 13.8 Å². The molecular formula is C28H28N4NiO4. The Kier molecular flexibility index (Phi) is 11.3. The predicted octanol–water partition coefficient (Wildman–Crippen LogP) is 4.84. The molecule has 0 radical (unpaired) electrons. The van der Waals surface area contributed by atoms with Crippen LogP contribution in [-0.2, 0) is 29.6 Å². The summed E-state index contributed by atoms with van der Waals surface area (Å²) in [7, 11) is 0. The summed E-state index contributed by atoms with van der Waals surface area (Å²) in [5, 5.41) is 37.4. The molecular weight excluding hydrogens is 515 g/mol. The second-order valence-electron chi connectivity index (χ2n) is 7.97. The predicted molar refractivity (Wildman–Crippen MR) is 140 cm³/mol. The third-order valence-corrected chi connectivity index (χ3v) is 4.89. The fourth-order valence-corrected chi connectivity index (χ4v) is 3.13. The Morgan fingerprint density at radius 3 is 1.38 bits per heavy atom. The summed E-state index contributed by atoms with van der Waals surface area (Å²) in [6.45, 7) is 4.78. The molecule has 37 heavy (non-hydrogen) atoms. The average Bonchev–Trinajstić information content (AvgIpc) is 2.82. The Labute approximate surface area is 225 Å². The van der Waals surface area contributed by atoms with E-state index in [2.05, 4.69) is 20.0 Å². The molecule has 0 spiro atoms. The molecule has 0 atom stereocenters. The summed E-state index contributed by atoms with van der Waals surface area (Å²) < 4.78 is 0. The first-order chi connectivity index (χ1) is 17.3. The Balaban J connectivity index is 0.000000253. The van der Waals surface area contributed by atoms with Crippen LogP contribution in [-0.4, -0.2) is 42.8 Å². The van der Waals surface area contributed by atoms with Gasteiger partial charge in [0.1, 0.15) is 23.0 Å². The van der Waals surface area contributed by atoms with Crippen molar-refractivity contribution in [1.82, 2.24) is 9.97 Å². The number of aryl methyl sites for hydroxylation is 2. The molecule has 2 aromatic heterocycles. The monoisotopic (exact) mass is 542 g/mol. The van der Waals surface area contributed by atoms with Crippen molar-refractivity contribution < 1.29 is 36.9 Å². The van der Waals surface area contributed by atoms with E-state index in [1.807, 2.05) is 50.2 Å². The van der Waals surface area contributed by atoms with E-state index in [4.69, 9.17) is 10.2 Å². The number of pyridine rings is 2. The van der Waals surface area contributed by atoms with Crippen LogP contribution in [0.1, 0.15) is 33.9 Å². The summed E-state index contributed by atoms with van der Waals surface area (Å²) >= 11 is 0. The van der Waals surface area contributed by atoms with Crippen molar-refractivity contribution in [2.45, 2.75) is 26.9 Å². The van der Waals surface area contributed by atoms with Crippen LogP contribution >= 0.6 is 0 Å². The van der Waals surface area contributed by atoms with Gasteiger partial charge in [-0.25, -0.2) is 0 Å². The van der Waals surface area contributed by atoms with Gasteiger partial charge in [-0.15, -0.1) is 0 Å². The van der Waals surface area contributed by atoms with Crippen molar-refractivity contribution in [1.29, 1.82) is 0 Å². The first kappa shape index (κ1) is 29.0. The van der Waals surface area contributed by atoms with Gasteiger partial charge < -0.3 is 20.4 Å². The van der Waals surface area contributed by atoms with Crippen molar-refractivity contribution in [3.05, 3.63) is 107 Å². The second-order valence-corrected chi connectivity index (χ2v) is 7.97. The van der Waals surface area contributed by atoms with Crippen LogP contribution in [0.2, 0.25) is 0 Å². The van der Waals surface area contributed by atoms with Gasteiger partial charge >= 0.3 is 0 Å². The van der Waals surface area contributed by atoms with Crippen LogP contribution in [0.3, 0.4) is 0 Å². The largest absolute Gasteiger partial charge is 0.508 e. The van der Waals surface area contributed by atoms with Crippen molar-refractivity contribution >= 4 is 12.4 Å². The van der Waals surface area contributed by atoms with E-state index in [0.29, 0.717) is 24.2 Å². The molecule has 2 aromatic carbocycles. The van der Waals surface area contributed by atoms with E-state index in [9.17, 15) is 10.2 Å². The summed E-state index contributed by atoms with van der Waals surface area (Å²) in [6.07, 6.45) is 3.14. The van der Waals surface area contributed by atoms with E-state index in [1.54, 1.807) is 24.6 Å². The molecule has 2 heterocycles. The fourth-order valence-electron chi connectivity index (χ4n) is 3.13. The molecule has 4 rings (SSSR count). The summed E-state index contributed by atoms with van der Waals surface area (Å²) in [5.74, 6) is 0.0851. The molecule has 4 aromatic rings. The minimum Gasteiger partial charge on any atom is -0.508 e. The SMILES string of the molecule is Cc1cccc(CN=Cc2ccc(O)cc2O)n1.Cc1cccc(CN=Cc2ccc(O)cc2O)n1.[Ni]. The van der Waals surface area contributed by atoms with E-state index < -0.39 is 0 Å². The topological polar surface area (TPSA) is 131 Å². The van der Waals surface area contributed by atoms with Crippen molar-refractivity contribution in [2.75, 3.05) is 0 Å². The normalized spacial score (nSPS) is 10.6. The van der Waals surface area contributed by atoms with Gasteiger partial charge in [0.05, 0.1) is 24.5 Å². The van der Waals surface area contributed by atoms with E-state index in [-0.39, 0.29) is 39.5 Å². The number of aromatic nitrogens is 2. The van der Waals surface area contributed by atoms with Crippen LogP contribution in [0.15, 0.2) is 82.8 Å². The number of hydrogen-bond donors (Lipinski definition) is 4. The zero-order chi connectivity index (χ0) is 25.9. The molecule has 0 saturated heterocycles. The molecule has 0 aliphatic carbocycles. The number of aliphatic imine (C=N–C) groups is 2. The molecule has 0 amide bonds. The molecule has 8 nitrogen and oxygen atoms in total. The van der Waals surface area contributed by atoms with Crippen LogP contribution < -0.4 is 0 Å².